The number of halogens is 3. The summed E-state index contributed by atoms with van der Waals surface area (Å²) in [5.74, 6) is -4.62. The van der Waals surface area contributed by atoms with Crippen molar-refractivity contribution in [3.8, 4) is 0 Å². The van der Waals surface area contributed by atoms with Crippen LogP contribution < -0.4 is 4.72 Å². The molecule has 1 fully saturated rings. The van der Waals surface area contributed by atoms with Crippen LogP contribution in [-0.2, 0) is 10.0 Å². The van der Waals surface area contributed by atoms with Gasteiger partial charge in [-0.1, -0.05) is 0 Å². The van der Waals surface area contributed by atoms with E-state index in [1.807, 2.05) is 0 Å². The van der Waals surface area contributed by atoms with E-state index in [2.05, 4.69) is 4.72 Å². The molecule has 1 aromatic rings. The molecule has 0 aliphatic heterocycles. The van der Waals surface area contributed by atoms with Crippen LogP contribution in [0.3, 0.4) is 0 Å². The summed E-state index contributed by atoms with van der Waals surface area (Å²) in [6.07, 6.45) is 2.43. The van der Waals surface area contributed by atoms with Crippen molar-refractivity contribution < 1.29 is 26.7 Å². The van der Waals surface area contributed by atoms with Crippen LogP contribution in [0.15, 0.2) is 17.0 Å². The second-order valence-electron chi connectivity index (χ2n) is 5.22. The van der Waals surface area contributed by atoms with E-state index in [1.165, 1.54) is 0 Å². The first kappa shape index (κ1) is 16.3. The smallest absolute Gasteiger partial charge is 0.241 e. The molecule has 4 nitrogen and oxygen atoms in total. The number of sulfonamides is 1. The maximum atomic E-state index is 13.1. The maximum absolute atomic E-state index is 13.1. The third kappa shape index (κ3) is 3.75. The van der Waals surface area contributed by atoms with Gasteiger partial charge >= 0.3 is 0 Å². The molecule has 0 spiro atoms. The molecule has 1 aliphatic rings. The van der Waals surface area contributed by atoms with Crippen molar-refractivity contribution in [2.75, 3.05) is 6.61 Å². The fraction of sp³-hybridized carbons (Fsp3) is 0.538. The van der Waals surface area contributed by atoms with Gasteiger partial charge in [0.25, 0.3) is 0 Å². The molecule has 0 bridgehead atoms. The van der Waals surface area contributed by atoms with E-state index in [1.54, 1.807) is 0 Å². The van der Waals surface area contributed by atoms with Crippen LogP contribution in [0.5, 0.6) is 0 Å². The monoisotopic (exact) mass is 323 g/mol. The lowest BCUT2D eigenvalue weighted by atomic mass is 9.87. The lowest BCUT2D eigenvalue weighted by Crippen LogP contribution is -2.38. The number of aliphatic hydroxyl groups excluding tert-OH is 1. The van der Waals surface area contributed by atoms with Crippen LogP contribution in [0, 0.1) is 23.4 Å². The Hall–Kier alpha value is -1.12. The summed E-state index contributed by atoms with van der Waals surface area (Å²) >= 11 is 0. The van der Waals surface area contributed by atoms with Gasteiger partial charge in [-0.05, 0) is 43.7 Å². The molecule has 0 amide bonds. The predicted octanol–water partition coefficient (Wildman–Crippen LogP) is 1.93. The van der Waals surface area contributed by atoms with E-state index in [9.17, 15) is 21.6 Å². The standard InChI is InChI=1S/C13H16F3NO3S/c14-11-5-10(6-12(15)13(11)16)21(19,20)17-9-3-1-8(7-18)2-4-9/h5-6,8-9,17-18H,1-4,7H2. The minimum atomic E-state index is -4.11. The van der Waals surface area contributed by atoms with Crippen LogP contribution in [0.2, 0.25) is 0 Å². The maximum Gasteiger partial charge on any atom is 0.241 e. The molecule has 8 heteroatoms. The predicted molar refractivity (Wildman–Crippen MR) is 69.5 cm³/mol. The molecule has 118 valence electrons. The Kier molecular flexibility index (Phi) is 4.90. The number of hydrogen-bond donors (Lipinski definition) is 2. The Morgan fingerprint density at radius 1 is 1.10 bits per heavy atom. The normalized spacial score (nSPS) is 23.2. The van der Waals surface area contributed by atoms with Crippen LogP contribution >= 0.6 is 0 Å². The minimum absolute atomic E-state index is 0.0633. The summed E-state index contributed by atoms with van der Waals surface area (Å²) in [4.78, 5) is -0.636. The Morgan fingerprint density at radius 2 is 1.62 bits per heavy atom. The minimum Gasteiger partial charge on any atom is -0.396 e. The van der Waals surface area contributed by atoms with Gasteiger partial charge < -0.3 is 5.11 Å². The summed E-state index contributed by atoms with van der Waals surface area (Å²) < 4.78 is 65.5. The van der Waals surface area contributed by atoms with Gasteiger partial charge in [0.05, 0.1) is 4.90 Å². The largest absolute Gasteiger partial charge is 0.396 e. The highest BCUT2D eigenvalue weighted by molar-refractivity contribution is 7.89. The number of aliphatic hydroxyl groups is 1. The SMILES string of the molecule is O=S(=O)(NC1CCC(CO)CC1)c1cc(F)c(F)c(F)c1. The molecule has 21 heavy (non-hydrogen) atoms. The summed E-state index contributed by atoms with van der Waals surface area (Å²) in [6.45, 7) is 0.0633. The third-order valence-corrected chi connectivity index (χ3v) is 5.19. The van der Waals surface area contributed by atoms with Gasteiger partial charge in [0, 0.05) is 12.6 Å². The Bertz CT molecular complexity index is 590. The summed E-state index contributed by atoms with van der Waals surface area (Å²) in [5.41, 5.74) is 0. The molecule has 0 heterocycles. The molecule has 2 N–H and O–H groups in total. The van der Waals surface area contributed by atoms with Gasteiger partial charge in [-0.25, -0.2) is 26.3 Å². The molecule has 0 radical (unpaired) electrons. The lowest BCUT2D eigenvalue weighted by Gasteiger charge is -2.27. The number of hydrogen-bond acceptors (Lipinski definition) is 3. The molecule has 1 aromatic carbocycles. The number of rotatable bonds is 4. The van der Waals surface area contributed by atoms with Crippen LogP contribution in [-0.4, -0.2) is 26.2 Å². The average molecular weight is 323 g/mol. The number of nitrogens with one attached hydrogen (secondary N) is 1. The molecule has 1 aliphatic carbocycles. The van der Waals surface area contributed by atoms with Gasteiger partial charge in [-0.2, -0.15) is 0 Å². The van der Waals surface area contributed by atoms with Gasteiger partial charge in [0.1, 0.15) is 0 Å². The molecule has 2 rings (SSSR count). The van der Waals surface area contributed by atoms with Crippen molar-refractivity contribution >= 4 is 10.0 Å². The van der Waals surface area contributed by atoms with E-state index >= 15 is 0 Å². The second-order valence-corrected chi connectivity index (χ2v) is 6.94. The molecular weight excluding hydrogens is 307 g/mol. The van der Waals surface area contributed by atoms with Gasteiger partial charge in [0.2, 0.25) is 10.0 Å². The summed E-state index contributed by atoms with van der Waals surface area (Å²) in [7, 11) is -4.11. The Balaban J connectivity index is 2.12. The zero-order valence-corrected chi connectivity index (χ0v) is 12.0. The molecule has 0 saturated heterocycles. The van der Waals surface area contributed by atoms with Crippen LogP contribution in [0.1, 0.15) is 25.7 Å². The van der Waals surface area contributed by atoms with Crippen molar-refractivity contribution in [3.63, 3.8) is 0 Å². The first-order valence-electron chi connectivity index (χ1n) is 6.61. The van der Waals surface area contributed by atoms with E-state index in [0.29, 0.717) is 37.8 Å². The fourth-order valence-electron chi connectivity index (χ4n) is 2.44. The first-order chi connectivity index (χ1) is 9.83. The number of benzene rings is 1. The van der Waals surface area contributed by atoms with Crippen molar-refractivity contribution in [1.82, 2.24) is 4.72 Å². The molecule has 0 aromatic heterocycles. The topological polar surface area (TPSA) is 66.4 Å². The highest BCUT2D eigenvalue weighted by Crippen LogP contribution is 2.25. The summed E-state index contributed by atoms with van der Waals surface area (Å²) in [6, 6.07) is 0.564. The Labute approximate surface area is 121 Å². The quantitative estimate of drug-likeness (QED) is 0.832. The van der Waals surface area contributed by atoms with Crippen molar-refractivity contribution in [3.05, 3.63) is 29.6 Å². The zero-order chi connectivity index (χ0) is 15.6. The highest BCUT2D eigenvalue weighted by Gasteiger charge is 2.26. The first-order valence-corrected chi connectivity index (χ1v) is 8.09. The highest BCUT2D eigenvalue weighted by atomic mass is 32.2. The van der Waals surface area contributed by atoms with E-state index in [-0.39, 0.29) is 18.6 Å². The van der Waals surface area contributed by atoms with E-state index in [4.69, 9.17) is 5.11 Å². The van der Waals surface area contributed by atoms with Crippen molar-refractivity contribution in [2.45, 2.75) is 36.6 Å². The third-order valence-electron chi connectivity index (χ3n) is 3.69. The van der Waals surface area contributed by atoms with Crippen molar-refractivity contribution in [2.24, 2.45) is 5.92 Å². The zero-order valence-electron chi connectivity index (χ0n) is 11.2. The Morgan fingerprint density at radius 3 is 2.10 bits per heavy atom. The van der Waals surface area contributed by atoms with E-state index < -0.39 is 32.4 Å². The van der Waals surface area contributed by atoms with Crippen molar-refractivity contribution in [1.29, 1.82) is 0 Å². The molecule has 0 atom stereocenters. The van der Waals surface area contributed by atoms with E-state index in [0.717, 1.165) is 0 Å². The summed E-state index contributed by atoms with van der Waals surface area (Å²) in [5, 5.41) is 9.02. The average Bonchev–Trinajstić information content (AvgIpc) is 2.44. The molecule has 1 saturated carbocycles. The molecule has 0 unspecified atom stereocenters. The lowest BCUT2D eigenvalue weighted by molar-refractivity contribution is 0.180. The van der Waals surface area contributed by atoms with Crippen LogP contribution in [0.25, 0.3) is 0 Å². The fourth-order valence-corrected chi connectivity index (χ4v) is 3.77. The van der Waals surface area contributed by atoms with Crippen LogP contribution in [0.4, 0.5) is 13.2 Å². The van der Waals surface area contributed by atoms with Gasteiger partial charge in [-0.15, -0.1) is 0 Å². The van der Waals surface area contributed by atoms with Gasteiger partial charge in [-0.3, -0.25) is 0 Å². The van der Waals surface area contributed by atoms with Gasteiger partial charge in [0.15, 0.2) is 17.5 Å². The second kappa shape index (κ2) is 6.33. The molecular formula is C13H16F3NO3S.